The molecule has 138 valence electrons. The molecule has 6 nitrogen and oxygen atoms in total. The standard InChI is InChI=1S/C20H24N2O4/c1-24-17-12-15(13-18(25-2)20(17)26-3)19(21-23)14-6-8-16(9-7-14)22-10-4-5-11-22/h6-9,12-13,23H,4-5,10-11H2,1-3H3/b21-19+. The fourth-order valence-corrected chi connectivity index (χ4v) is 3.31. The third kappa shape index (κ3) is 3.40. The normalized spacial score (nSPS) is 14.4. The van der Waals surface area contributed by atoms with Gasteiger partial charge >= 0.3 is 0 Å². The molecule has 0 amide bonds. The molecule has 0 saturated carbocycles. The van der Waals surface area contributed by atoms with Crippen molar-refractivity contribution in [3.63, 3.8) is 0 Å². The van der Waals surface area contributed by atoms with Crippen molar-refractivity contribution < 1.29 is 19.4 Å². The largest absolute Gasteiger partial charge is 0.493 e. The molecule has 1 aliphatic heterocycles. The summed E-state index contributed by atoms with van der Waals surface area (Å²) in [4.78, 5) is 2.36. The highest BCUT2D eigenvalue weighted by Crippen LogP contribution is 2.38. The van der Waals surface area contributed by atoms with E-state index in [9.17, 15) is 5.21 Å². The zero-order chi connectivity index (χ0) is 18.5. The monoisotopic (exact) mass is 356 g/mol. The van der Waals surface area contributed by atoms with Gasteiger partial charge in [0.1, 0.15) is 5.71 Å². The van der Waals surface area contributed by atoms with Gasteiger partial charge in [-0.1, -0.05) is 17.3 Å². The molecule has 0 aliphatic carbocycles. The van der Waals surface area contributed by atoms with Crippen LogP contribution < -0.4 is 19.1 Å². The Labute approximate surface area is 153 Å². The van der Waals surface area contributed by atoms with Gasteiger partial charge in [-0.25, -0.2) is 0 Å². The van der Waals surface area contributed by atoms with E-state index in [0.29, 0.717) is 28.5 Å². The van der Waals surface area contributed by atoms with Crippen LogP contribution in [0.5, 0.6) is 17.2 Å². The molecule has 0 bridgehead atoms. The molecule has 1 saturated heterocycles. The maximum atomic E-state index is 9.63. The minimum atomic E-state index is 0.442. The second kappa shape index (κ2) is 7.99. The Kier molecular flexibility index (Phi) is 5.51. The van der Waals surface area contributed by atoms with E-state index in [1.807, 2.05) is 12.1 Å². The van der Waals surface area contributed by atoms with E-state index in [2.05, 4.69) is 22.2 Å². The molecule has 2 aromatic rings. The molecular formula is C20H24N2O4. The second-order valence-electron chi connectivity index (χ2n) is 6.10. The van der Waals surface area contributed by atoms with Gasteiger partial charge in [-0.15, -0.1) is 0 Å². The molecule has 1 heterocycles. The first-order valence-electron chi connectivity index (χ1n) is 8.59. The Morgan fingerprint density at radius 2 is 1.46 bits per heavy atom. The van der Waals surface area contributed by atoms with E-state index >= 15 is 0 Å². The van der Waals surface area contributed by atoms with Crippen molar-refractivity contribution in [1.29, 1.82) is 0 Å². The summed E-state index contributed by atoms with van der Waals surface area (Å²) in [5.74, 6) is 1.52. The van der Waals surface area contributed by atoms with E-state index in [1.54, 1.807) is 33.5 Å². The quantitative estimate of drug-likeness (QED) is 0.487. The zero-order valence-electron chi connectivity index (χ0n) is 15.4. The molecule has 1 aliphatic rings. The molecule has 0 unspecified atom stereocenters. The first kappa shape index (κ1) is 17.9. The maximum Gasteiger partial charge on any atom is 0.203 e. The second-order valence-corrected chi connectivity index (χ2v) is 6.10. The summed E-state index contributed by atoms with van der Waals surface area (Å²) < 4.78 is 16.1. The number of ether oxygens (including phenoxy) is 3. The van der Waals surface area contributed by atoms with Crippen molar-refractivity contribution >= 4 is 11.4 Å². The number of hydrogen-bond acceptors (Lipinski definition) is 6. The van der Waals surface area contributed by atoms with Gasteiger partial charge in [-0.3, -0.25) is 0 Å². The van der Waals surface area contributed by atoms with Crippen molar-refractivity contribution in [2.75, 3.05) is 39.3 Å². The summed E-state index contributed by atoms with van der Waals surface area (Å²) in [5, 5.41) is 13.1. The lowest BCUT2D eigenvalue weighted by Crippen LogP contribution is -2.17. The van der Waals surface area contributed by atoms with Gasteiger partial charge in [0, 0.05) is 29.9 Å². The third-order valence-corrected chi connectivity index (χ3v) is 4.65. The first-order valence-corrected chi connectivity index (χ1v) is 8.59. The van der Waals surface area contributed by atoms with Crippen molar-refractivity contribution in [1.82, 2.24) is 0 Å². The third-order valence-electron chi connectivity index (χ3n) is 4.65. The van der Waals surface area contributed by atoms with Crippen molar-refractivity contribution in [2.45, 2.75) is 12.8 Å². The van der Waals surface area contributed by atoms with Crippen molar-refractivity contribution in [3.8, 4) is 17.2 Å². The molecular weight excluding hydrogens is 332 g/mol. The SMILES string of the molecule is COc1cc(/C(=N/O)c2ccc(N3CCCC3)cc2)cc(OC)c1OC. The lowest BCUT2D eigenvalue weighted by Gasteiger charge is -2.18. The minimum Gasteiger partial charge on any atom is -0.493 e. The number of hydrogen-bond donors (Lipinski definition) is 1. The predicted molar refractivity (Wildman–Crippen MR) is 101 cm³/mol. The predicted octanol–water partition coefficient (Wildman–Crippen LogP) is 3.54. The number of rotatable bonds is 6. The Hall–Kier alpha value is -2.89. The van der Waals surface area contributed by atoms with Crippen molar-refractivity contribution in [3.05, 3.63) is 47.5 Å². The summed E-state index contributed by atoms with van der Waals surface area (Å²) in [6.07, 6.45) is 2.47. The zero-order valence-corrected chi connectivity index (χ0v) is 15.4. The number of methoxy groups -OCH3 is 3. The van der Waals surface area contributed by atoms with Crippen LogP contribution in [0.25, 0.3) is 0 Å². The average Bonchev–Trinajstić information content (AvgIpc) is 3.23. The topological polar surface area (TPSA) is 63.5 Å². The first-order chi connectivity index (χ1) is 12.7. The molecule has 1 N–H and O–H groups in total. The highest BCUT2D eigenvalue weighted by atomic mass is 16.5. The van der Waals surface area contributed by atoms with Crippen LogP contribution in [0, 0.1) is 0 Å². The smallest absolute Gasteiger partial charge is 0.203 e. The van der Waals surface area contributed by atoms with Gasteiger partial charge in [0.25, 0.3) is 0 Å². The number of nitrogens with zero attached hydrogens (tertiary/aromatic N) is 2. The molecule has 2 aromatic carbocycles. The summed E-state index contributed by atoms with van der Waals surface area (Å²) in [6.45, 7) is 2.18. The summed E-state index contributed by atoms with van der Waals surface area (Å²) in [7, 11) is 4.67. The van der Waals surface area contributed by atoms with E-state index in [1.165, 1.54) is 18.5 Å². The average molecular weight is 356 g/mol. The molecule has 1 fully saturated rings. The van der Waals surface area contributed by atoms with Gasteiger partial charge in [0.2, 0.25) is 5.75 Å². The van der Waals surface area contributed by atoms with Crippen molar-refractivity contribution in [2.24, 2.45) is 5.16 Å². The van der Waals surface area contributed by atoms with Crippen LogP contribution in [0.4, 0.5) is 5.69 Å². The van der Waals surface area contributed by atoms with Crippen LogP contribution in [0.2, 0.25) is 0 Å². The highest BCUT2D eigenvalue weighted by molar-refractivity contribution is 6.13. The van der Waals surface area contributed by atoms with E-state index in [0.717, 1.165) is 18.7 Å². The molecule has 0 spiro atoms. The fraction of sp³-hybridized carbons (Fsp3) is 0.350. The van der Waals surface area contributed by atoms with Crippen LogP contribution >= 0.6 is 0 Å². The lowest BCUT2D eigenvalue weighted by molar-refractivity contribution is 0.318. The van der Waals surface area contributed by atoms with E-state index in [4.69, 9.17) is 14.2 Å². The van der Waals surface area contributed by atoms with Crippen LogP contribution in [0.3, 0.4) is 0 Å². The van der Waals surface area contributed by atoms with Crippen LogP contribution in [-0.4, -0.2) is 45.3 Å². The summed E-state index contributed by atoms with van der Waals surface area (Å²) in [5.41, 5.74) is 3.12. The summed E-state index contributed by atoms with van der Waals surface area (Å²) >= 11 is 0. The van der Waals surface area contributed by atoms with Crippen LogP contribution in [0.1, 0.15) is 24.0 Å². The highest BCUT2D eigenvalue weighted by Gasteiger charge is 2.18. The Morgan fingerprint density at radius 1 is 0.885 bits per heavy atom. The molecule has 6 heteroatoms. The van der Waals surface area contributed by atoms with Crippen LogP contribution in [-0.2, 0) is 0 Å². The minimum absolute atomic E-state index is 0.442. The molecule has 0 radical (unpaired) electrons. The Morgan fingerprint density at radius 3 is 1.92 bits per heavy atom. The molecule has 3 rings (SSSR count). The van der Waals surface area contributed by atoms with Gasteiger partial charge in [0.15, 0.2) is 11.5 Å². The molecule has 26 heavy (non-hydrogen) atoms. The number of benzene rings is 2. The summed E-state index contributed by atoms with van der Waals surface area (Å²) in [6, 6.07) is 11.6. The maximum absolute atomic E-state index is 9.63. The van der Waals surface area contributed by atoms with Gasteiger partial charge in [-0.05, 0) is 37.1 Å². The number of anilines is 1. The lowest BCUT2D eigenvalue weighted by atomic mass is 10.0. The molecule has 0 aromatic heterocycles. The van der Waals surface area contributed by atoms with Gasteiger partial charge in [-0.2, -0.15) is 0 Å². The van der Waals surface area contributed by atoms with E-state index < -0.39 is 0 Å². The Balaban J connectivity index is 1.96. The Bertz CT molecular complexity index is 756. The van der Waals surface area contributed by atoms with Crippen LogP contribution in [0.15, 0.2) is 41.6 Å². The van der Waals surface area contributed by atoms with E-state index in [-0.39, 0.29) is 0 Å². The fourth-order valence-electron chi connectivity index (χ4n) is 3.31. The molecule has 0 atom stereocenters. The van der Waals surface area contributed by atoms with Gasteiger partial charge < -0.3 is 24.3 Å². The van der Waals surface area contributed by atoms with Gasteiger partial charge in [0.05, 0.1) is 21.3 Å². The number of oxime groups is 1.